The average Bonchev–Trinajstić information content (AvgIpc) is 2.48. The first-order valence-electron chi connectivity index (χ1n) is 9.44. The van der Waals surface area contributed by atoms with Crippen molar-refractivity contribution in [2.45, 2.75) is 117 Å². The first-order valence-corrected chi connectivity index (χ1v) is 9.44. The van der Waals surface area contributed by atoms with E-state index in [1.165, 1.54) is 64.2 Å². The van der Waals surface area contributed by atoms with Crippen molar-refractivity contribution < 1.29 is 9.53 Å². The van der Waals surface area contributed by atoms with E-state index >= 15 is 0 Å². The van der Waals surface area contributed by atoms with Crippen LogP contribution in [0.25, 0.3) is 0 Å². The smallest absolute Gasteiger partial charge is 0.306 e. The lowest BCUT2D eigenvalue weighted by Gasteiger charge is -2.15. The predicted octanol–water partition coefficient (Wildman–Crippen LogP) is 6.42. The molecule has 0 bridgehead atoms. The highest BCUT2D eigenvalue weighted by Gasteiger charge is 2.11. The zero-order chi connectivity index (χ0) is 15.8. The molecule has 0 heterocycles. The summed E-state index contributed by atoms with van der Waals surface area (Å²) in [5, 5.41) is 0. The molecular formula is C19H38O2. The van der Waals surface area contributed by atoms with Gasteiger partial charge in [0.1, 0.15) is 6.10 Å². The molecule has 0 fully saturated rings. The van der Waals surface area contributed by atoms with Crippen molar-refractivity contribution in [3.05, 3.63) is 0 Å². The van der Waals surface area contributed by atoms with Gasteiger partial charge in [0.25, 0.3) is 0 Å². The minimum Gasteiger partial charge on any atom is -0.462 e. The molecule has 0 spiro atoms. The van der Waals surface area contributed by atoms with Crippen molar-refractivity contribution in [2.75, 3.05) is 0 Å². The van der Waals surface area contributed by atoms with Gasteiger partial charge in [0, 0.05) is 6.42 Å². The molecule has 0 radical (unpaired) electrons. The molecule has 2 heteroatoms. The highest BCUT2D eigenvalue weighted by atomic mass is 16.5. The Labute approximate surface area is 133 Å². The molecule has 0 aromatic carbocycles. The quantitative estimate of drug-likeness (QED) is 0.257. The van der Waals surface area contributed by atoms with E-state index in [-0.39, 0.29) is 12.1 Å². The summed E-state index contributed by atoms with van der Waals surface area (Å²) in [5.74, 6) is -0.0172. The third-order valence-electron chi connectivity index (χ3n) is 4.09. The highest BCUT2D eigenvalue weighted by Crippen LogP contribution is 2.14. The monoisotopic (exact) mass is 298 g/mol. The van der Waals surface area contributed by atoms with Crippen LogP contribution in [-0.4, -0.2) is 12.1 Å². The SMILES string of the molecule is CCCCCCCCCCCCC(CC)OC(=O)CCC. The number of carbonyl (C=O) groups is 1. The van der Waals surface area contributed by atoms with Crippen molar-refractivity contribution in [2.24, 2.45) is 0 Å². The minimum atomic E-state index is -0.0172. The van der Waals surface area contributed by atoms with Crippen molar-refractivity contribution in [1.29, 1.82) is 0 Å². The molecule has 0 N–H and O–H groups in total. The molecule has 0 saturated carbocycles. The molecule has 0 aliphatic rings. The summed E-state index contributed by atoms with van der Waals surface area (Å²) in [4.78, 5) is 11.5. The van der Waals surface area contributed by atoms with Gasteiger partial charge in [-0.2, -0.15) is 0 Å². The van der Waals surface area contributed by atoms with Crippen molar-refractivity contribution in [3.63, 3.8) is 0 Å². The lowest BCUT2D eigenvalue weighted by atomic mass is 10.0. The van der Waals surface area contributed by atoms with Gasteiger partial charge in [0.05, 0.1) is 0 Å². The van der Waals surface area contributed by atoms with Crippen LogP contribution in [0.5, 0.6) is 0 Å². The number of rotatable bonds is 15. The van der Waals surface area contributed by atoms with Crippen LogP contribution in [0.2, 0.25) is 0 Å². The lowest BCUT2D eigenvalue weighted by molar-refractivity contribution is -0.149. The number of esters is 1. The van der Waals surface area contributed by atoms with Crippen molar-refractivity contribution >= 4 is 5.97 Å². The molecule has 0 rings (SSSR count). The van der Waals surface area contributed by atoms with Gasteiger partial charge in [-0.15, -0.1) is 0 Å². The molecule has 0 aromatic heterocycles. The summed E-state index contributed by atoms with van der Waals surface area (Å²) < 4.78 is 5.48. The van der Waals surface area contributed by atoms with Gasteiger partial charge in [-0.3, -0.25) is 4.79 Å². The second kappa shape index (κ2) is 15.9. The fourth-order valence-corrected chi connectivity index (χ4v) is 2.65. The second-order valence-electron chi connectivity index (χ2n) is 6.24. The van der Waals surface area contributed by atoms with E-state index in [0.29, 0.717) is 6.42 Å². The van der Waals surface area contributed by atoms with Gasteiger partial charge in [0.15, 0.2) is 0 Å². The van der Waals surface area contributed by atoms with Crippen molar-refractivity contribution in [3.8, 4) is 0 Å². The second-order valence-corrected chi connectivity index (χ2v) is 6.24. The van der Waals surface area contributed by atoms with Crippen LogP contribution in [0.4, 0.5) is 0 Å². The van der Waals surface area contributed by atoms with E-state index < -0.39 is 0 Å². The molecular weight excluding hydrogens is 260 g/mol. The number of unbranched alkanes of at least 4 members (excludes halogenated alkanes) is 9. The number of hydrogen-bond acceptors (Lipinski definition) is 2. The Bertz CT molecular complexity index is 226. The van der Waals surface area contributed by atoms with E-state index in [1.54, 1.807) is 0 Å². The van der Waals surface area contributed by atoms with Gasteiger partial charge in [-0.25, -0.2) is 0 Å². The number of ether oxygens (including phenoxy) is 1. The molecule has 2 nitrogen and oxygen atoms in total. The Morgan fingerprint density at radius 1 is 0.762 bits per heavy atom. The zero-order valence-corrected chi connectivity index (χ0v) is 14.8. The molecule has 0 aliphatic carbocycles. The maximum atomic E-state index is 11.5. The maximum absolute atomic E-state index is 11.5. The largest absolute Gasteiger partial charge is 0.462 e. The molecule has 0 saturated heterocycles. The predicted molar refractivity (Wildman–Crippen MR) is 91.5 cm³/mol. The third-order valence-corrected chi connectivity index (χ3v) is 4.09. The maximum Gasteiger partial charge on any atom is 0.306 e. The van der Waals surface area contributed by atoms with E-state index in [1.807, 2.05) is 6.92 Å². The summed E-state index contributed by atoms with van der Waals surface area (Å²) in [6.45, 7) is 6.40. The van der Waals surface area contributed by atoms with E-state index in [2.05, 4.69) is 13.8 Å². The first-order chi connectivity index (χ1) is 10.2. The van der Waals surface area contributed by atoms with Crippen LogP contribution < -0.4 is 0 Å². The fourth-order valence-electron chi connectivity index (χ4n) is 2.65. The highest BCUT2D eigenvalue weighted by molar-refractivity contribution is 5.69. The van der Waals surface area contributed by atoms with E-state index in [4.69, 9.17) is 4.74 Å². The molecule has 126 valence electrons. The summed E-state index contributed by atoms with van der Waals surface area (Å²) in [6.07, 6.45) is 17.2. The summed E-state index contributed by atoms with van der Waals surface area (Å²) >= 11 is 0. The number of hydrogen-bond donors (Lipinski definition) is 0. The van der Waals surface area contributed by atoms with Gasteiger partial charge in [-0.05, 0) is 25.7 Å². The first kappa shape index (κ1) is 20.5. The lowest BCUT2D eigenvalue weighted by Crippen LogP contribution is -2.17. The molecule has 21 heavy (non-hydrogen) atoms. The van der Waals surface area contributed by atoms with Crippen LogP contribution in [-0.2, 0) is 9.53 Å². The van der Waals surface area contributed by atoms with Crippen LogP contribution in [0, 0.1) is 0 Å². The molecule has 0 aromatic rings. The van der Waals surface area contributed by atoms with Gasteiger partial charge in [-0.1, -0.05) is 78.6 Å². The Morgan fingerprint density at radius 2 is 1.29 bits per heavy atom. The molecule has 0 aliphatic heterocycles. The topological polar surface area (TPSA) is 26.3 Å². The minimum absolute atomic E-state index is 0.0172. The van der Waals surface area contributed by atoms with E-state index in [9.17, 15) is 4.79 Å². The third kappa shape index (κ3) is 14.2. The van der Waals surface area contributed by atoms with Gasteiger partial charge in [0.2, 0.25) is 0 Å². The standard InChI is InChI=1S/C19H38O2/c1-4-7-8-9-10-11-12-13-14-15-17-18(6-3)21-19(20)16-5-2/h18H,4-17H2,1-3H3. The number of carbonyl (C=O) groups excluding carboxylic acids is 1. The zero-order valence-electron chi connectivity index (χ0n) is 14.8. The molecule has 0 amide bonds. The fraction of sp³-hybridized carbons (Fsp3) is 0.947. The molecule has 1 atom stereocenters. The van der Waals surface area contributed by atoms with Crippen LogP contribution in [0.15, 0.2) is 0 Å². The Kier molecular flexibility index (Phi) is 15.5. The van der Waals surface area contributed by atoms with Crippen LogP contribution in [0.1, 0.15) is 111 Å². The summed E-state index contributed by atoms with van der Waals surface area (Å²) in [5.41, 5.74) is 0. The Balaban J connectivity index is 3.37. The summed E-state index contributed by atoms with van der Waals surface area (Å²) in [6, 6.07) is 0. The van der Waals surface area contributed by atoms with Gasteiger partial charge < -0.3 is 4.74 Å². The summed E-state index contributed by atoms with van der Waals surface area (Å²) in [7, 11) is 0. The van der Waals surface area contributed by atoms with Gasteiger partial charge >= 0.3 is 5.97 Å². The van der Waals surface area contributed by atoms with Crippen LogP contribution >= 0.6 is 0 Å². The average molecular weight is 299 g/mol. The van der Waals surface area contributed by atoms with Crippen molar-refractivity contribution in [1.82, 2.24) is 0 Å². The van der Waals surface area contributed by atoms with Crippen LogP contribution in [0.3, 0.4) is 0 Å². The van der Waals surface area contributed by atoms with E-state index in [0.717, 1.165) is 19.3 Å². The normalized spacial score (nSPS) is 12.3. The Hall–Kier alpha value is -0.530. The molecule has 1 unspecified atom stereocenters. The Morgan fingerprint density at radius 3 is 1.76 bits per heavy atom.